The molecule has 35 heavy (non-hydrogen) atoms. The van der Waals surface area contributed by atoms with Crippen LogP contribution in [0, 0.1) is 15.5 Å². The quantitative estimate of drug-likeness (QED) is 0.316. The molecular weight excluding hydrogens is 450 g/mol. The summed E-state index contributed by atoms with van der Waals surface area (Å²) in [6.07, 6.45) is 0. The van der Waals surface area contributed by atoms with E-state index in [2.05, 4.69) is 5.32 Å². The van der Waals surface area contributed by atoms with Gasteiger partial charge in [0.05, 0.1) is 15.9 Å². The van der Waals surface area contributed by atoms with Crippen molar-refractivity contribution in [2.45, 2.75) is 39.3 Å². The number of likely N-dealkylation sites (N-methyl/N-ethyl adjacent to an activating group) is 1. The van der Waals surface area contributed by atoms with Gasteiger partial charge < -0.3 is 15.2 Å². The minimum Gasteiger partial charge on any atom is -0.481 e. The Labute approximate surface area is 204 Å². The Kier molecular flexibility index (Phi) is 7.91. The molecular formula is C26H31N3O6. The van der Waals surface area contributed by atoms with E-state index in [0.29, 0.717) is 24.4 Å². The van der Waals surface area contributed by atoms with E-state index < -0.39 is 34.2 Å². The van der Waals surface area contributed by atoms with Gasteiger partial charge in [0.15, 0.2) is 0 Å². The fraction of sp³-hybridized carbons (Fsp3) is 0.385. The summed E-state index contributed by atoms with van der Waals surface area (Å²) in [6, 6.07) is 15.1. The van der Waals surface area contributed by atoms with E-state index in [1.54, 1.807) is 26.8 Å². The molecule has 0 saturated heterocycles. The van der Waals surface area contributed by atoms with Gasteiger partial charge in [-0.05, 0) is 38.9 Å². The molecule has 9 nitrogen and oxygen atoms in total. The molecule has 0 spiro atoms. The first-order chi connectivity index (χ1) is 16.6. The molecule has 0 aromatic heterocycles. The number of hydrogen-bond donors (Lipinski definition) is 2. The van der Waals surface area contributed by atoms with Gasteiger partial charge in [-0.2, -0.15) is 0 Å². The topological polar surface area (TPSA) is 122 Å². The lowest BCUT2D eigenvalue weighted by Crippen LogP contribution is -2.55. The van der Waals surface area contributed by atoms with Gasteiger partial charge in [-0.3, -0.25) is 19.8 Å². The number of nitro benzene ring substituents is 1. The Hall–Kier alpha value is -3.72. The summed E-state index contributed by atoms with van der Waals surface area (Å²) in [5, 5.41) is 24.7. The number of rotatable bonds is 9. The SMILES string of the molecule is CC1=C(C(=O)OCCN(C)Cc2ccccc2)C(c2cccc([N+](=O)[O-])c2)C(C)(C(=O)O)C(C)N1. The van der Waals surface area contributed by atoms with Gasteiger partial charge in [-0.25, -0.2) is 4.79 Å². The average molecular weight is 482 g/mol. The van der Waals surface area contributed by atoms with Gasteiger partial charge in [0.1, 0.15) is 6.61 Å². The second kappa shape index (κ2) is 10.7. The van der Waals surface area contributed by atoms with Crippen LogP contribution in [-0.2, 0) is 20.9 Å². The Bertz CT molecular complexity index is 1130. The van der Waals surface area contributed by atoms with Crippen molar-refractivity contribution in [2.75, 3.05) is 20.2 Å². The van der Waals surface area contributed by atoms with E-state index in [0.717, 1.165) is 5.56 Å². The minimum absolute atomic E-state index is 0.111. The number of nitrogens with one attached hydrogen (secondary N) is 1. The lowest BCUT2D eigenvalue weighted by molar-refractivity contribution is -0.384. The number of carbonyl (C=O) groups excluding carboxylic acids is 1. The molecule has 2 aromatic carbocycles. The number of carbonyl (C=O) groups is 2. The van der Waals surface area contributed by atoms with Crippen LogP contribution in [0.2, 0.25) is 0 Å². The number of nitrogens with zero attached hydrogens (tertiary/aromatic N) is 2. The van der Waals surface area contributed by atoms with Crippen molar-refractivity contribution >= 4 is 17.6 Å². The molecule has 3 rings (SSSR count). The first-order valence-corrected chi connectivity index (χ1v) is 11.4. The highest BCUT2D eigenvalue weighted by Crippen LogP contribution is 2.48. The maximum Gasteiger partial charge on any atom is 0.336 e. The molecule has 0 fully saturated rings. The van der Waals surface area contributed by atoms with Gasteiger partial charge in [0, 0.05) is 42.9 Å². The van der Waals surface area contributed by atoms with Crippen LogP contribution in [-0.4, -0.2) is 53.1 Å². The number of aliphatic carboxylic acids is 1. The fourth-order valence-corrected chi connectivity index (χ4v) is 4.58. The zero-order chi connectivity index (χ0) is 25.8. The van der Waals surface area contributed by atoms with Crippen LogP contribution in [0.5, 0.6) is 0 Å². The lowest BCUT2D eigenvalue weighted by atomic mass is 9.63. The average Bonchev–Trinajstić information content (AvgIpc) is 2.81. The van der Waals surface area contributed by atoms with E-state index in [-0.39, 0.29) is 17.9 Å². The standard InChI is InChI=1S/C26H31N3O6/c1-17-22(24(30)35-14-13-28(4)16-19-9-6-5-7-10-19)23(26(3,25(31)32)18(2)27-17)20-11-8-12-21(15-20)29(33)34/h5-12,15,18,23,27H,13-14,16H2,1-4H3,(H,31,32). The van der Waals surface area contributed by atoms with E-state index in [1.807, 2.05) is 42.3 Å². The Morgan fingerprint density at radius 1 is 1.20 bits per heavy atom. The number of non-ortho nitro benzene ring substituents is 1. The molecule has 1 aliphatic heterocycles. The van der Waals surface area contributed by atoms with Gasteiger partial charge in [-0.15, -0.1) is 0 Å². The smallest absolute Gasteiger partial charge is 0.336 e. The molecule has 2 N–H and O–H groups in total. The second-order valence-corrected chi connectivity index (χ2v) is 9.14. The Balaban J connectivity index is 1.86. The third-order valence-electron chi connectivity index (χ3n) is 6.72. The van der Waals surface area contributed by atoms with Crippen molar-refractivity contribution in [2.24, 2.45) is 5.41 Å². The van der Waals surface area contributed by atoms with Crippen molar-refractivity contribution < 1.29 is 24.4 Å². The van der Waals surface area contributed by atoms with Crippen molar-refractivity contribution in [3.63, 3.8) is 0 Å². The zero-order valence-corrected chi connectivity index (χ0v) is 20.4. The number of carboxylic acids is 1. The summed E-state index contributed by atoms with van der Waals surface area (Å²) < 4.78 is 5.59. The first-order valence-electron chi connectivity index (χ1n) is 11.4. The number of benzene rings is 2. The van der Waals surface area contributed by atoms with E-state index in [1.165, 1.54) is 18.2 Å². The molecule has 1 aliphatic rings. The summed E-state index contributed by atoms with van der Waals surface area (Å²) in [4.78, 5) is 38.6. The van der Waals surface area contributed by atoms with E-state index in [9.17, 15) is 24.8 Å². The highest BCUT2D eigenvalue weighted by atomic mass is 16.6. The summed E-state index contributed by atoms with van der Waals surface area (Å²) >= 11 is 0. The van der Waals surface area contributed by atoms with Crippen LogP contribution < -0.4 is 5.32 Å². The minimum atomic E-state index is -1.45. The molecule has 0 amide bonds. The number of nitro groups is 1. The predicted molar refractivity (Wildman–Crippen MR) is 131 cm³/mol. The van der Waals surface area contributed by atoms with Gasteiger partial charge in [0.25, 0.3) is 5.69 Å². The Morgan fingerprint density at radius 2 is 1.89 bits per heavy atom. The van der Waals surface area contributed by atoms with Gasteiger partial charge >= 0.3 is 11.9 Å². The molecule has 0 saturated carbocycles. The van der Waals surface area contributed by atoms with Crippen molar-refractivity contribution in [1.29, 1.82) is 0 Å². The van der Waals surface area contributed by atoms with E-state index >= 15 is 0 Å². The summed E-state index contributed by atoms with van der Waals surface area (Å²) in [5.74, 6) is -2.70. The van der Waals surface area contributed by atoms with E-state index in [4.69, 9.17) is 4.74 Å². The van der Waals surface area contributed by atoms with Crippen molar-refractivity contribution in [3.05, 3.63) is 87.1 Å². The largest absolute Gasteiger partial charge is 0.481 e. The van der Waals surface area contributed by atoms with Crippen LogP contribution in [0.15, 0.2) is 65.9 Å². The van der Waals surface area contributed by atoms with Crippen molar-refractivity contribution in [1.82, 2.24) is 10.2 Å². The Morgan fingerprint density at radius 3 is 2.51 bits per heavy atom. The molecule has 2 aromatic rings. The lowest BCUT2D eigenvalue weighted by Gasteiger charge is -2.45. The highest BCUT2D eigenvalue weighted by Gasteiger charge is 2.53. The third kappa shape index (κ3) is 5.51. The number of ether oxygens (including phenoxy) is 1. The molecule has 3 atom stereocenters. The second-order valence-electron chi connectivity index (χ2n) is 9.14. The molecule has 3 unspecified atom stereocenters. The normalized spacial score (nSPS) is 22.0. The number of allylic oxidation sites excluding steroid dienone is 1. The molecule has 0 aliphatic carbocycles. The molecule has 0 radical (unpaired) electrons. The molecule has 9 heteroatoms. The third-order valence-corrected chi connectivity index (χ3v) is 6.72. The monoisotopic (exact) mass is 481 g/mol. The predicted octanol–water partition coefficient (Wildman–Crippen LogP) is 3.71. The molecule has 186 valence electrons. The zero-order valence-electron chi connectivity index (χ0n) is 20.4. The highest BCUT2D eigenvalue weighted by molar-refractivity contribution is 5.94. The van der Waals surface area contributed by atoms with Crippen LogP contribution in [0.1, 0.15) is 37.8 Å². The summed E-state index contributed by atoms with van der Waals surface area (Å²) in [6.45, 7) is 6.24. The number of esters is 1. The summed E-state index contributed by atoms with van der Waals surface area (Å²) in [7, 11) is 1.92. The van der Waals surface area contributed by atoms with Crippen molar-refractivity contribution in [3.8, 4) is 0 Å². The molecule has 1 heterocycles. The summed E-state index contributed by atoms with van der Waals surface area (Å²) in [5.41, 5.74) is 0.551. The van der Waals surface area contributed by atoms with Crippen LogP contribution in [0.4, 0.5) is 5.69 Å². The van der Waals surface area contributed by atoms with Gasteiger partial charge in [-0.1, -0.05) is 42.5 Å². The van der Waals surface area contributed by atoms with Crippen LogP contribution >= 0.6 is 0 Å². The number of carboxylic acid groups (broad SMARTS) is 1. The van der Waals surface area contributed by atoms with Crippen LogP contribution in [0.25, 0.3) is 0 Å². The molecule has 0 bridgehead atoms. The first kappa shape index (κ1) is 25.9. The van der Waals surface area contributed by atoms with Gasteiger partial charge in [0.2, 0.25) is 0 Å². The fourth-order valence-electron chi connectivity index (χ4n) is 4.58. The maximum absolute atomic E-state index is 13.3. The van der Waals surface area contributed by atoms with Crippen LogP contribution in [0.3, 0.4) is 0 Å². The maximum atomic E-state index is 13.3. The number of hydrogen-bond acceptors (Lipinski definition) is 7.